The molecule has 0 aromatic rings. The zero-order valence-corrected chi connectivity index (χ0v) is 12.0. The predicted octanol–water partition coefficient (Wildman–Crippen LogP) is -1.72. The molecule has 120 valence electrons. The number of carboxylic acids is 1. The molecule has 0 saturated carbocycles. The third-order valence-corrected chi connectivity index (χ3v) is 3.43. The standard InChI is InChI=1S/C12H22N4O5/c17-8-7-14-1-3-15(9-11(18)13-21)5-6-16(4-2-14)10-12(19)20/h17H,1-10H2,(H,19,20). The molecule has 0 bridgehead atoms. The van der Waals surface area contributed by atoms with Crippen molar-refractivity contribution in [3.63, 3.8) is 0 Å². The van der Waals surface area contributed by atoms with Crippen LogP contribution in [0.1, 0.15) is 0 Å². The first-order valence-corrected chi connectivity index (χ1v) is 6.91. The number of carbonyl (C=O) groups is 2. The average molecular weight is 302 g/mol. The van der Waals surface area contributed by atoms with Crippen LogP contribution in [0.3, 0.4) is 0 Å². The molecule has 1 heterocycles. The minimum atomic E-state index is -0.903. The number of carbonyl (C=O) groups excluding carboxylic acids is 1. The lowest BCUT2D eigenvalue weighted by Crippen LogP contribution is -2.40. The summed E-state index contributed by atoms with van der Waals surface area (Å²) in [5.41, 5.74) is 0. The van der Waals surface area contributed by atoms with E-state index in [1.54, 1.807) is 9.80 Å². The Labute approximate surface area is 123 Å². The maximum Gasteiger partial charge on any atom is 0.317 e. The zero-order chi connectivity index (χ0) is 15.7. The summed E-state index contributed by atoms with van der Waals surface area (Å²) in [7, 11) is 0. The normalized spacial score (nSPS) is 19.5. The molecule has 0 atom stereocenters. The van der Waals surface area contributed by atoms with Crippen LogP contribution >= 0.6 is 0 Å². The van der Waals surface area contributed by atoms with Gasteiger partial charge in [0.2, 0.25) is 0 Å². The summed E-state index contributed by atoms with van der Waals surface area (Å²) in [4.78, 5) is 37.8. The van der Waals surface area contributed by atoms with E-state index >= 15 is 0 Å². The van der Waals surface area contributed by atoms with Crippen LogP contribution in [0, 0.1) is 4.91 Å². The number of aliphatic hydroxyl groups excluding tert-OH is 1. The van der Waals surface area contributed by atoms with Gasteiger partial charge in [-0.3, -0.25) is 24.3 Å². The average Bonchev–Trinajstić information content (AvgIpc) is 2.52. The van der Waals surface area contributed by atoms with Crippen LogP contribution in [0.2, 0.25) is 0 Å². The van der Waals surface area contributed by atoms with Crippen molar-refractivity contribution in [2.75, 3.05) is 65.5 Å². The van der Waals surface area contributed by atoms with Crippen molar-refractivity contribution < 1.29 is 19.8 Å². The van der Waals surface area contributed by atoms with Gasteiger partial charge in [-0.1, -0.05) is 0 Å². The molecule has 1 saturated heterocycles. The van der Waals surface area contributed by atoms with Crippen molar-refractivity contribution in [1.82, 2.24) is 14.7 Å². The number of aliphatic carboxylic acids is 1. The number of hydrogen-bond acceptors (Lipinski definition) is 7. The van der Waals surface area contributed by atoms with Gasteiger partial charge in [0.05, 0.1) is 19.7 Å². The van der Waals surface area contributed by atoms with Crippen LogP contribution in [-0.2, 0) is 9.59 Å². The fourth-order valence-electron chi connectivity index (χ4n) is 2.28. The number of nitroso groups, excluding NO2 is 1. The highest BCUT2D eigenvalue weighted by Gasteiger charge is 2.19. The third kappa shape index (κ3) is 7.23. The summed E-state index contributed by atoms with van der Waals surface area (Å²) in [6.07, 6.45) is 0. The summed E-state index contributed by atoms with van der Waals surface area (Å²) in [5, 5.41) is 20.3. The number of rotatable bonds is 6. The number of hydrogen-bond donors (Lipinski definition) is 2. The maximum atomic E-state index is 11.1. The molecule has 1 rings (SSSR count). The third-order valence-electron chi connectivity index (χ3n) is 3.43. The van der Waals surface area contributed by atoms with Gasteiger partial charge in [0.25, 0.3) is 5.91 Å². The molecule has 1 amide bonds. The lowest BCUT2D eigenvalue weighted by atomic mass is 10.4. The predicted molar refractivity (Wildman–Crippen MR) is 74.8 cm³/mol. The van der Waals surface area contributed by atoms with Crippen molar-refractivity contribution in [2.45, 2.75) is 0 Å². The maximum absolute atomic E-state index is 11.1. The summed E-state index contributed by atoms with van der Waals surface area (Å²) in [6, 6.07) is 0. The number of β-amino-alcohol motifs (C(OH)–C–C–N with tert-alkyl or cyclic N) is 1. The van der Waals surface area contributed by atoms with Crippen molar-refractivity contribution in [2.24, 2.45) is 5.18 Å². The molecule has 0 aromatic heterocycles. The molecule has 21 heavy (non-hydrogen) atoms. The first kappa shape index (κ1) is 17.6. The molecule has 2 N–H and O–H groups in total. The van der Waals surface area contributed by atoms with Crippen molar-refractivity contribution >= 4 is 11.9 Å². The fourth-order valence-corrected chi connectivity index (χ4v) is 2.28. The number of amides is 1. The number of nitrogens with zero attached hydrogens (tertiary/aromatic N) is 4. The quantitative estimate of drug-likeness (QED) is 0.557. The molecular formula is C12H22N4O5. The smallest absolute Gasteiger partial charge is 0.317 e. The van der Waals surface area contributed by atoms with Crippen molar-refractivity contribution in [3.8, 4) is 0 Å². The Balaban J connectivity index is 2.65. The minimum absolute atomic E-state index is 0.0216. The molecule has 0 aliphatic carbocycles. The highest BCUT2D eigenvalue weighted by atomic mass is 16.4. The van der Waals surface area contributed by atoms with E-state index in [-0.39, 0.29) is 19.7 Å². The Hall–Kier alpha value is -1.42. The first-order valence-electron chi connectivity index (χ1n) is 6.91. The Kier molecular flexibility index (Phi) is 7.98. The fraction of sp³-hybridized carbons (Fsp3) is 0.833. The largest absolute Gasteiger partial charge is 0.480 e. The summed E-state index contributed by atoms with van der Waals surface area (Å²) in [5.74, 6) is -1.63. The molecule has 0 aromatic carbocycles. The number of aliphatic hydroxyl groups is 1. The summed E-state index contributed by atoms with van der Waals surface area (Å²) < 4.78 is 0. The molecule has 1 aliphatic heterocycles. The van der Waals surface area contributed by atoms with Crippen LogP contribution in [0.5, 0.6) is 0 Å². The van der Waals surface area contributed by atoms with Crippen LogP contribution in [-0.4, -0.2) is 102 Å². The number of carboxylic acid groups (broad SMARTS) is 1. The van der Waals surface area contributed by atoms with Gasteiger partial charge in [0.1, 0.15) is 0 Å². The van der Waals surface area contributed by atoms with E-state index in [4.69, 9.17) is 10.2 Å². The highest BCUT2D eigenvalue weighted by Crippen LogP contribution is 2.01. The lowest BCUT2D eigenvalue weighted by molar-refractivity contribution is -0.138. The molecule has 1 fully saturated rings. The monoisotopic (exact) mass is 302 g/mol. The molecule has 0 radical (unpaired) electrons. The van der Waals surface area contributed by atoms with Gasteiger partial charge >= 0.3 is 5.97 Å². The van der Waals surface area contributed by atoms with Crippen LogP contribution in [0.4, 0.5) is 0 Å². The second kappa shape index (κ2) is 9.50. The summed E-state index contributed by atoms with van der Waals surface area (Å²) >= 11 is 0. The first-order chi connectivity index (χ1) is 10.0. The van der Waals surface area contributed by atoms with E-state index in [2.05, 4.69) is 5.18 Å². The molecule has 0 spiro atoms. The van der Waals surface area contributed by atoms with Crippen LogP contribution < -0.4 is 0 Å². The van der Waals surface area contributed by atoms with E-state index < -0.39 is 11.9 Å². The topological polar surface area (TPSA) is 114 Å². The minimum Gasteiger partial charge on any atom is -0.480 e. The van der Waals surface area contributed by atoms with Gasteiger partial charge in [-0.25, -0.2) is 0 Å². The molecule has 9 nitrogen and oxygen atoms in total. The van der Waals surface area contributed by atoms with E-state index in [0.29, 0.717) is 45.8 Å². The lowest BCUT2D eigenvalue weighted by Gasteiger charge is -2.24. The second-order valence-electron chi connectivity index (χ2n) is 5.00. The van der Waals surface area contributed by atoms with E-state index in [9.17, 15) is 14.5 Å². The summed E-state index contributed by atoms with van der Waals surface area (Å²) in [6.45, 7) is 3.85. The molecular weight excluding hydrogens is 280 g/mol. The van der Waals surface area contributed by atoms with E-state index in [0.717, 1.165) is 0 Å². The zero-order valence-electron chi connectivity index (χ0n) is 12.0. The van der Waals surface area contributed by atoms with Crippen molar-refractivity contribution in [3.05, 3.63) is 4.91 Å². The van der Waals surface area contributed by atoms with Crippen molar-refractivity contribution in [1.29, 1.82) is 0 Å². The second-order valence-corrected chi connectivity index (χ2v) is 5.00. The molecule has 0 unspecified atom stereocenters. The Morgan fingerprint density at radius 3 is 1.81 bits per heavy atom. The Morgan fingerprint density at radius 2 is 1.38 bits per heavy atom. The Morgan fingerprint density at radius 1 is 0.905 bits per heavy atom. The van der Waals surface area contributed by atoms with Gasteiger partial charge in [-0.15, -0.1) is 4.91 Å². The molecule has 1 aliphatic rings. The van der Waals surface area contributed by atoms with E-state index in [1.165, 1.54) is 0 Å². The molecule has 9 heteroatoms. The van der Waals surface area contributed by atoms with Gasteiger partial charge in [0.15, 0.2) is 0 Å². The highest BCUT2D eigenvalue weighted by molar-refractivity contribution is 5.78. The Bertz CT molecular complexity index is 366. The van der Waals surface area contributed by atoms with Gasteiger partial charge in [0, 0.05) is 51.0 Å². The van der Waals surface area contributed by atoms with Gasteiger partial charge in [-0.05, 0) is 0 Å². The van der Waals surface area contributed by atoms with E-state index in [1.807, 2.05) is 4.90 Å². The van der Waals surface area contributed by atoms with Gasteiger partial charge < -0.3 is 10.2 Å². The van der Waals surface area contributed by atoms with Gasteiger partial charge in [-0.2, -0.15) is 0 Å². The SMILES string of the molecule is O=NC(=O)CN1CCN(CCO)CCN(CC(=O)O)CC1. The van der Waals surface area contributed by atoms with Crippen LogP contribution in [0.25, 0.3) is 0 Å². The van der Waals surface area contributed by atoms with Crippen LogP contribution in [0.15, 0.2) is 5.18 Å².